The second kappa shape index (κ2) is 6.56. The van der Waals surface area contributed by atoms with Gasteiger partial charge in [-0.3, -0.25) is 4.79 Å². The maximum Gasteiger partial charge on any atom is 0.254 e. The minimum Gasteiger partial charge on any atom is -0.486 e. The number of carbonyl (C=O) groups excluding carboxylic acids is 1. The van der Waals surface area contributed by atoms with E-state index in [1.807, 2.05) is 17.0 Å². The van der Waals surface area contributed by atoms with Crippen molar-refractivity contribution in [1.82, 2.24) is 4.90 Å². The Balaban J connectivity index is 1.80. The Morgan fingerprint density at radius 1 is 1.24 bits per heavy atom. The van der Waals surface area contributed by atoms with Crippen LogP contribution in [0.2, 0.25) is 0 Å². The maximum absolute atomic E-state index is 12.8. The van der Waals surface area contributed by atoms with Crippen molar-refractivity contribution >= 4 is 17.5 Å². The molecule has 2 heterocycles. The zero-order chi connectivity index (χ0) is 14.7. The van der Waals surface area contributed by atoms with Crippen LogP contribution in [-0.2, 0) is 0 Å². The Morgan fingerprint density at radius 2 is 2.05 bits per heavy atom. The molecule has 2 aliphatic rings. The van der Waals surface area contributed by atoms with Crippen LogP contribution in [0.1, 0.15) is 36.0 Å². The highest BCUT2D eigenvalue weighted by atomic mass is 35.5. The molecular formula is C16H20ClNO3. The first-order valence-corrected chi connectivity index (χ1v) is 8.09. The second-order valence-electron chi connectivity index (χ2n) is 5.48. The van der Waals surface area contributed by atoms with Gasteiger partial charge < -0.3 is 14.4 Å². The number of hydrogen-bond acceptors (Lipinski definition) is 3. The van der Waals surface area contributed by atoms with Crippen molar-refractivity contribution < 1.29 is 14.3 Å². The summed E-state index contributed by atoms with van der Waals surface area (Å²) in [5.74, 6) is 2.05. The van der Waals surface area contributed by atoms with Gasteiger partial charge in [-0.2, -0.15) is 0 Å². The van der Waals surface area contributed by atoms with Crippen LogP contribution in [0.15, 0.2) is 18.2 Å². The standard InChI is InChI=1S/C16H20ClNO3/c17-7-6-13-3-1-2-8-18(13)16(19)12-4-5-14-15(11-12)21-10-9-20-14/h4-5,11,13H,1-3,6-10H2. The lowest BCUT2D eigenvalue weighted by Crippen LogP contribution is -2.44. The molecule has 2 aliphatic heterocycles. The molecule has 0 N–H and O–H groups in total. The van der Waals surface area contributed by atoms with Crippen molar-refractivity contribution in [3.05, 3.63) is 23.8 Å². The third-order valence-electron chi connectivity index (χ3n) is 4.12. The smallest absolute Gasteiger partial charge is 0.254 e. The number of carbonyl (C=O) groups is 1. The van der Waals surface area contributed by atoms with Gasteiger partial charge in [-0.1, -0.05) is 0 Å². The van der Waals surface area contributed by atoms with Crippen molar-refractivity contribution in [3.8, 4) is 11.5 Å². The molecule has 1 aromatic carbocycles. The lowest BCUT2D eigenvalue weighted by Gasteiger charge is -2.35. The Bertz CT molecular complexity index is 518. The first-order chi connectivity index (χ1) is 10.3. The monoisotopic (exact) mass is 309 g/mol. The molecule has 1 amide bonds. The summed E-state index contributed by atoms with van der Waals surface area (Å²) < 4.78 is 11.1. The highest BCUT2D eigenvalue weighted by Gasteiger charge is 2.27. The van der Waals surface area contributed by atoms with E-state index in [-0.39, 0.29) is 11.9 Å². The van der Waals surface area contributed by atoms with Gasteiger partial charge in [0.1, 0.15) is 13.2 Å². The predicted molar refractivity (Wildman–Crippen MR) is 81.4 cm³/mol. The van der Waals surface area contributed by atoms with E-state index < -0.39 is 0 Å². The van der Waals surface area contributed by atoms with Gasteiger partial charge in [-0.25, -0.2) is 0 Å². The van der Waals surface area contributed by atoms with E-state index in [2.05, 4.69) is 0 Å². The first kappa shape index (κ1) is 14.5. The minimum atomic E-state index is 0.0711. The summed E-state index contributed by atoms with van der Waals surface area (Å²) in [5.41, 5.74) is 0.667. The highest BCUT2D eigenvalue weighted by molar-refractivity contribution is 6.17. The van der Waals surface area contributed by atoms with Crippen molar-refractivity contribution in [2.24, 2.45) is 0 Å². The molecule has 0 bridgehead atoms. The summed E-state index contributed by atoms with van der Waals surface area (Å²) >= 11 is 5.87. The van der Waals surface area contributed by atoms with Crippen LogP contribution in [0, 0.1) is 0 Å². The van der Waals surface area contributed by atoms with Crippen LogP contribution in [0.4, 0.5) is 0 Å². The van der Waals surface area contributed by atoms with E-state index >= 15 is 0 Å². The Hall–Kier alpha value is -1.42. The van der Waals surface area contributed by atoms with Gasteiger partial charge in [0, 0.05) is 24.0 Å². The SMILES string of the molecule is O=C(c1ccc2c(c1)OCCO2)N1CCCCC1CCCl. The number of ether oxygens (including phenoxy) is 2. The number of fused-ring (bicyclic) bond motifs is 1. The van der Waals surface area contributed by atoms with Gasteiger partial charge in [0.15, 0.2) is 11.5 Å². The molecule has 1 fully saturated rings. The molecule has 114 valence electrons. The van der Waals surface area contributed by atoms with Crippen LogP contribution in [0.25, 0.3) is 0 Å². The molecule has 21 heavy (non-hydrogen) atoms. The number of benzene rings is 1. The van der Waals surface area contributed by atoms with E-state index in [9.17, 15) is 4.79 Å². The fourth-order valence-electron chi connectivity index (χ4n) is 3.04. The third-order valence-corrected chi connectivity index (χ3v) is 4.34. The molecule has 0 aliphatic carbocycles. The molecule has 1 unspecified atom stereocenters. The summed E-state index contributed by atoms with van der Waals surface area (Å²) in [4.78, 5) is 14.7. The number of nitrogens with zero attached hydrogens (tertiary/aromatic N) is 1. The molecule has 0 aromatic heterocycles. The largest absolute Gasteiger partial charge is 0.486 e. The number of piperidine rings is 1. The van der Waals surface area contributed by atoms with Crippen LogP contribution in [0.5, 0.6) is 11.5 Å². The quantitative estimate of drug-likeness (QED) is 0.805. The first-order valence-electron chi connectivity index (χ1n) is 7.56. The van der Waals surface area contributed by atoms with E-state index in [0.29, 0.717) is 36.2 Å². The number of likely N-dealkylation sites (tertiary alicyclic amines) is 1. The third kappa shape index (κ3) is 3.10. The molecule has 3 rings (SSSR count). The van der Waals surface area contributed by atoms with E-state index in [1.54, 1.807) is 6.07 Å². The van der Waals surface area contributed by atoms with Crippen LogP contribution in [-0.4, -0.2) is 42.5 Å². The average Bonchev–Trinajstić information content (AvgIpc) is 2.54. The van der Waals surface area contributed by atoms with Gasteiger partial charge in [0.25, 0.3) is 5.91 Å². The molecule has 1 saturated heterocycles. The zero-order valence-corrected chi connectivity index (χ0v) is 12.8. The fourth-order valence-corrected chi connectivity index (χ4v) is 3.29. The Labute approximate surface area is 130 Å². The number of hydrogen-bond donors (Lipinski definition) is 0. The topological polar surface area (TPSA) is 38.8 Å². The molecule has 0 saturated carbocycles. The van der Waals surface area contributed by atoms with Gasteiger partial charge in [0.2, 0.25) is 0 Å². The summed E-state index contributed by atoms with van der Waals surface area (Å²) in [7, 11) is 0. The van der Waals surface area contributed by atoms with Crippen molar-refractivity contribution in [2.45, 2.75) is 31.7 Å². The lowest BCUT2D eigenvalue weighted by atomic mass is 9.98. The van der Waals surface area contributed by atoms with E-state index in [4.69, 9.17) is 21.1 Å². The lowest BCUT2D eigenvalue weighted by molar-refractivity contribution is 0.0608. The van der Waals surface area contributed by atoms with Crippen molar-refractivity contribution in [1.29, 1.82) is 0 Å². The maximum atomic E-state index is 12.8. The highest BCUT2D eigenvalue weighted by Crippen LogP contribution is 2.32. The summed E-state index contributed by atoms with van der Waals surface area (Å²) in [5, 5.41) is 0. The van der Waals surface area contributed by atoms with Gasteiger partial charge in [-0.05, 0) is 43.9 Å². The van der Waals surface area contributed by atoms with Crippen LogP contribution in [0.3, 0.4) is 0 Å². The number of rotatable bonds is 3. The van der Waals surface area contributed by atoms with Crippen molar-refractivity contribution in [3.63, 3.8) is 0 Å². The molecule has 4 nitrogen and oxygen atoms in total. The van der Waals surface area contributed by atoms with E-state index in [1.165, 1.54) is 6.42 Å². The normalized spacial score (nSPS) is 21.2. The molecule has 0 spiro atoms. The average molecular weight is 310 g/mol. The molecule has 0 radical (unpaired) electrons. The number of halogens is 1. The van der Waals surface area contributed by atoms with Gasteiger partial charge >= 0.3 is 0 Å². The van der Waals surface area contributed by atoms with Crippen LogP contribution < -0.4 is 9.47 Å². The van der Waals surface area contributed by atoms with E-state index in [0.717, 1.165) is 25.8 Å². The van der Waals surface area contributed by atoms with Crippen molar-refractivity contribution in [2.75, 3.05) is 25.6 Å². The second-order valence-corrected chi connectivity index (χ2v) is 5.86. The summed E-state index contributed by atoms with van der Waals surface area (Å²) in [6.45, 7) is 1.91. The fraction of sp³-hybridized carbons (Fsp3) is 0.562. The Kier molecular flexibility index (Phi) is 4.54. The van der Waals surface area contributed by atoms with Crippen LogP contribution >= 0.6 is 11.6 Å². The minimum absolute atomic E-state index is 0.0711. The summed E-state index contributed by atoms with van der Waals surface area (Å²) in [6, 6.07) is 5.70. The number of alkyl halides is 1. The summed E-state index contributed by atoms with van der Waals surface area (Å²) in [6.07, 6.45) is 4.14. The molecular weight excluding hydrogens is 290 g/mol. The molecule has 5 heteroatoms. The number of amides is 1. The van der Waals surface area contributed by atoms with Gasteiger partial charge in [-0.15, -0.1) is 11.6 Å². The van der Waals surface area contributed by atoms with Gasteiger partial charge in [0.05, 0.1) is 0 Å². The Morgan fingerprint density at radius 3 is 2.86 bits per heavy atom. The zero-order valence-electron chi connectivity index (χ0n) is 12.0. The predicted octanol–water partition coefficient (Wildman–Crippen LogP) is 3.08. The molecule has 1 aromatic rings. The molecule has 1 atom stereocenters.